The molecule has 0 spiro atoms. The van der Waals surface area contributed by atoms with Gasteiger partial charge >= 0.3 is 0 Å². The molecule has 1 aromatic rings. The van der Waals surface area contributed by atoms with Crippen LogP contribution in [0.1, 0.15) is 11.1 Å². The Morgan fingerprint density at radius 3 is 2.32 bits per heavy atom. The average molecular weight is 278 g/mol. The van der Waals surface area contributed by atoms with Crippen molar-refractivity contribution in [2.24, 2.45) is 0 Å². The molecule has 1 saturated heterocycles. The zero-order valence-corrected chi connectivity index (χ0v) is 13.7. The Morgan fingerprint density at radius 1 is 1.11 bits per heavy atom. The van der Waals surface area contributed by atoms with Crippen LogP contribution in [0.5, 0.6) is 0 Å². The van der Waals surface area contributed by atoms with E-state index in [-0.39, 0.29) is 0 Å². The first-order valence-electron chi connectivity index (χ1n) is 7.05. The van der Waals surface area contributed by atoms with Crippen molar-refractivity contribution in [3.63, 3.8) is 0 Å². The van der Waals surface area contributed by atoms with Gasteiger partial charge in [0, 0.05) is 32.7 Å². The van der Waals surface area contributed by atoms with E-state index in [0.29, 0.717) is 0 Å². The minimum Gasteiger partial charge on any atom is -0.304 e. The summed E-state index contributed by atoms with van der Waals surface area (Å²) in [6.07, 6.45) is 4.37. The van der Waals surface area contributed by atoms with E-state index in [1.54, 1.807) is 0 Å². The maximum absolute atomic E-state index is 4.37. The maximum atomic E-state index is 4.37. The topological polar surface area (TPSA) is 6.48 Å². The second-order valence-electron chi connectivity index (χ2n) is 6.44. The van der Waals surface area contributed by atoms with Crippen LogP contribution in [0.3, 0.4) is 0 Å². The quantitative estimate of drug-likeness (QED) is 0.781. The molecule has 3 heteroatoms. The van der Waals surface area contributed by atoms with Gasteiger partial charge in [0.1, 0.15) is 0 Å². The minimum absolute atomic E-state index is 1.09. The molecular formula is C16H27N2P. The molecule has 106 valence electrons. The fraction of sp³-hybridized carbons (Fsp3) is 0.562. The van der Waals surface area contributed by atoms with E-state index in [9.17, 15) is 0 Å². The van der Waals surface area contributed by atoms with Crippen molar-refractivity contribution >= 4 is 18.5 Å². The van der Waals surface area contributed by atoms with Gasteiger partial charge in [-0.3, -0.25) is 4.90 Å². The fourth-order valence-corrected chi connectivity index (χ4v) is 3.61. The van der Waals surface area contributed by atoms with Gasteiger partial charge in [0.15, 0.2) is 0 Å². The van der Waals surface area contributed by atoms with Gasteiger partial charge in [0.25, 0.3) is 0 Å². The summed E-state index contributed by atoms with van der Waals surface area (Å²) in [4.78, 5) is 4.97. The van der Waals surface area contributed by atoms with Crippen molar-refractivity contribution < 1.29 is 0 Å². The van der Waals surface area contributed by atoms with Gasteiger partial charge in [0.05, 0.1) is 0 Å². The second kappa shape index (κ2) is 5.83. The van der Waals surface area contributed by atoms with Gasteiger partial charge in [-0.15, -0.1) is 0 Å². The Balaban J connectivity index is 2.12. The van der Waals surface area contributed by atoms with Crippen LogP contribution in [-0.4, -0.2) is 62.7 Å². The van der Waals surface area contributed by atoms with Gasteiger partial charge in [-0.1, -0.05) is 36.9 Å². The predicted molar refractivity (Wildman–Crippen MR) is 89.5 cm³/mol. The molecule has 0 N–H and O–H groups in total. The monoisotopic (exact) mass is 278 g/mol. The highest BCUT2D eigenvalue weighted by Crippen LogP contribution is 2.34. The Bertz CT molecular complexity index is 482. The van der Waals surface area contributed by atoms with Gasteiger partial charge in [0.2, 0.25) is 0 Å². The van der Waals surface area contributed by atoms with E-state index < -0.39 is 6.89 Å². The number of nitrogens with zero attached hydrogens (tertiary/aromatic N) is 2. The first-order valence-corrected chi connectivity index (χ1v) is 9.92. The Hall–Kier alpha value is -0.560. The Kier molecular flexibility index (Phi) is 4.55. The highest BCUT2D eigenvalue weighted by atomic mass is 31.2. The lowest BCUT2D eigenvalue weighted by Crippen LogP contribution is -2.43. The molecule has 0 aromatic heterocycles. The summed E-state index contributed by atoms with van der Waals surface area (Å²) in [6.45, 7) is 11.5. The standard InChI is InChI=1S/C16H27N2P/c1-14-10-15(12-16(11-14)19(3,4)5)13-18-8-6-17(2)7-9-18/h10-12H,3,6-9,13H2,1-2,4-5H3. The normalized spacial score (nSPS) is 18.7. The summed E-state index contributed by atoms with van der Waals surface area (Å²) in [5.41, 5.74) is 2.83. The molecule has 2 rings (SSSR count). The van der Waals surface area contributed by atoms with E-state index in [4.69, 9.17) is 0 Å². The molecule has 1 aromatic carbocycles. The van der Waals surface area contributed by atoms with Crippen molar-refractivity contribution in [2.45, 2.75) is 13.5 Å². The number of piperazine rings is 1. The molecule has 0 bridgehead atoms. The lowest BCUT2D eigenvalue weighted by molar-refractivity contribution is 0.148. The Labute approximate surface area is 118 Å². The van der Waals surface area contributed by atoms with Crippen LogP contribution in [0.15, 0.2) is 18.2 Å². The van der Waals surface area contributed by atoms with Crippen LogP contribution in [0.4, 0.5) is 0 Å². The lowest BCUT2D eigenvalue weighted by Gasteiger charge is -2.32. The van der Waals surface area contributed by atoms with Gasteiger partial charge in [-0.2, -0.15) is 0 Å². The van der Waals surface area contributed by atoms with Crippen molar-refractivity contribution in [3.05, 3.63) is 29.3 Å². The Morgan fingerprint density at radius 2 is 1.74 bits per heavy atom. The number of aryl methyl sites for hydroxylation is 1. The highest BCUT2D eigenvalue weighted by Gasteiger charge is 2.14. The number of hydrogen-bond donors (Lipinski definition) is 0. The van der Waals surface area contributed by atoms with Gasteiger partial charge in [-0.05, 0) is 38.2 Å². The van der Waals surface area contributed by atoms with Crippen molar-refractivity contribution in [3.8, 4) is 0 Å². The van der Waals surface area contributed by atoms with Crippen molar-refractivity contribution in [2.75, 3.05) is 46.6 Å². The highest BCUT2D eigenvalue weighted by molar-refractivity contribution is 7.79. The third-order valence-corrected chi connectivity index (χ3v) is 5.48. The van der Waals surface area contributed by atoms with E-state index in [2.05, 4.69) is 61.6 Å². The van der Waals surface area contributed by atoms with Crippen LogP contribution >= 0.6 is 6.89 Å². The third-order valence-electron chi connectivity index (χ3n) is 3.82. The molecule has 0 atom stereocenters. The molecule has 0 saturated carbocycles. The number of likely N-dealkylation sites (N-methyl/N-ethyl adjacent to an activating group) is 1. The third kappa shape index (κ3) is 4.21. The number of rotatable bonds is 3. The van der Waals surface area contributed by atoms with Crippen molar-refractivity contribution in [1.82, 2.24) is 9.80 Å². The first kappa shape index (κ1) is 14.8. The largest absolute Gasteiger partial charge is 0.304 e. The van der Waals surface area contributed by atoms with Crippen LogP contribution in [0, 0.1) is 6.92 Å². The molecular weight excluding hydrogens is 251 g/mol. The fourth-order valence-electron chi connectivity index (χ4n) is 2.55. The molecule has 0 unspecified atom stereocenters. The summed E-state index contributed by atoms with van der Waals surface area (Å²) in [5.74, 6) is 0. The maximum Gasteiger partial charge on any atom is 0.0235 e. The van der Waals surface area contributed by atoms with Crippen LogP contribution < -0.4 is 5.30 Å². The van der Waals surface area contributed by atoms with Gasteiger partial charge in [-0.25, -0.2) is 0 Å². The average Bonchev–Trinajstić information content (AvgIpc) is 2.30. The van der Waals surface area contributed by atoms with E-state index in [1.807, 2.05) is 0 Å². The predicted octanol–water partition coefficient (Wildman–Crippen LogP) is 2.08. The molecule has 2 nitrogen and oxygen atoms in total. The zero-order chi connectivity index (χ0) is 14.0. The molecule has 0 aliphatic carbocycles. The van der Waals surface area contributed by atoms with E-state index >= 15 is 0 Å². The summed E-state index contributed by atoms with van der Waals surface area (Å²) in [5, 5.41) is 1.46. The smallest absolute Gasteiger partial charge is 0.0235 e. The summed E-state index contributed by atoms with van der Waals surface area (Å²) in [6, 6.07) is 7.03. The molecule has 1 fully saturated rings. The van der Waals surface area contributed by atoms with Crippen molar-refractivity contribution in [1.29, 1.82) is 0 Å². The molecule has 0 radical (unpaired) electrons. The number of benzene rings is 1. The van der Waals surface area contributed by atoms with E-state index in [0.717, 1.165) is 6.54 Å². The van der Waals surface area contributed by atoms with Gasteiger partial charge < -0.3 is 4.90 Å². The molecule has 0 amide bonds. The zero-order valence-electron chi connectivity index (χ0n) is 12.8. The lowest BCUT2D eigenvalue weighted by atomic mass is 10.1. The van der Waals surface area contributed by atoms with Crippen LogP contribution in [-0.2, 0) is 6.54 Å². The second-order valence-corrected chi connectivity index (χ2v) is 10.3. The minimum atomic E-state index is -1.16. The molecule has 1 aliphatic heterocycles. The SMILES string of the molecule is C=P(C)(C)c1cc(C)cc(CN2CCN(C)CC2)c1. The first-order chi connectivity index (χ1) is 8.84. The molecule has 1 aliphatic rings. The molecule has 19 heavy (non-hydrogen) atoms. The van der Waals surface area contributed by atoms with Crippen LogP contribution in [0.2, 0.25) is 0 Å². The number of hydrogen-bond acceptors (Lipinski definition) is 2. The molecule has 1 heterocycles. The summed E-state index contributed by atoms with van der Waals surface area (Å²) >= 11 is 0. The summed E-state index contributed by atoms with van der Waals surface area (Å²) in [7, 11) is 2.21. The van der Waals surface area contributed by atoms with E-state index in [1.165, 1.54) is 42.6 Å². The summed E-state index contributed by atoms with van der Waals surface area (Å²) < 4.78 is 0. The van der Waals surface area contributed by atoms with Crippen LogP contribution in [0.25, 0.3) is 0 Å².